The highest BCUT2D eigenvalue weighted by Gasteiger charge is 2.36. The Labute approximate surface area is 215 Å². The third-order valence-electron chi connectivity index (χ3n) is 9.12. The van der Waals surface area contributed by atoms with Crippen LogP contribution in [0.5, 0.6) is 0 Å². The Hall–Kier alpha value is -0.590. The van der Waals surface area contributed by atoms with Crippen LogP contribution >= 0.6 is 0 Å². The van der Waals surface area contributed by atoms with Crippen LogP contribution in [0, 0.1) is 23.2 Å². The first-order valence-electron chi connectivity index (χ1n) is 15.6. The first-order valence-corrected chi connectivity index (χ1v) is 15.6. The summed E-state index contributed by atoms with van der Waals surface area (Å²) in [7, 11) is 0. The third kappa shape index (κ3) is 11.4. The second-order valence-corrected chi connectivity index (χ2v) is 12.2. The second kappa shape index (κ2) is 17.8. The number of ketones is 1. The van der Waals surface area contributed by atoms with Crippen molar-refractivity contribution in [3.8, 4) is 0 Å². The highest BCUT2D eigenvalue weighted by molar-refractivity contribution is 5.97. The van der Waals surface area contributed by atoms with Gasteiger partial charge in [-0.25, -0.2) is 0 Å². The van der Waals surface area contributed by atoms with E-state index in [-0.39, 0.29) is 5.41 Å². The highest BCUT2D eigenvalue weighted by Crippen LogP contribution is 2.45. The Kier molecular flexibility index (Phi) is 16.4. The first-order chi connectivity index (χ1) is 16.4. The lowest BCUT2D eigenvalue weighted by Gasteiger charge is -2.38. The number of rotatable bonds is 20. The molecule has 1 aliphatic carbocycles. The van der Waals surface area contributed by atoms with Gasteiger partial charge in [0.25, 0.3) is 0 Å². The maximum atomic E-state index is 13.7. The molecule has 34 heavy (non-hydrogen) atoms. The van der Waals surface area contributed by atoms with E-state index in [9.17, 15) is 4.79 Å². The maximum absolute atomic E-state index is 13.7. The molecular formula is C33H62O. The molecule has 0 heterocycles. The van der Waals surface area contributed by atoms with Gasteiger partial charge < -0.3 is 0 Å². The molecule has 0 bridgehead atoms. The third-order valence-corrected chi connectivity index (χ3v) is 9.12. The number of Topliss-reactive ketones (excluding diaryl/α,β-unsaturated/α-hetero) is 1. The summed E-state index contributed by atoms with van der Waals surface area (Å²) in [5.74, 6) is 2.89. The molecule has 4 atom stereocenters. The molecule has 0 aliphatic heterocycles. The van der Waals surface area contributed by atoms with Crippen molar-refractivity contribution in [2.45, 2.75) is 170 Å². The van der Waals surface area contributed by atoms with Gasteiger partial charge in [0, 0.05) is 6.42 Å². The number of carbonyl (C=O) groups is 1. The number of hydrogen-bond acceptors (Lipinski definition) is 1. The Bertz CT molecular complexity index is 573. The van der Waals surface area contributed by atoms with Gasteiger partial charge in [-0.1, -0.05) is 131 Å². The molecule has 0 N–H and O–H groups in total. The SMILES string of the molecule is CCCCC(CC)CCC1=C(CC(CC)CCCC)C(=O)CC(C)(CCC(CC)CCCC)C1. The molecule has 200 valence electrons. The van der Waals surface area contributed by atoms with Crippen LogP contribution in [0.4, 0.5) is 0 Å². The molecule has 0 saturated heterocycles. The van der Waals surface area contributed by atoms with Crippen LogP contribution in [-0.2, 0) is 4.79 Å². The Morgan fingerprint density at radius 3 is 1.68 bits per heavy atom. The predicted octanol–water partition coefficient (Wildman–Crippen LogP) is 11.3. The van der Waals surface area contributed by atoms with Crippen LogP contribution in [0.15, 0.2) is 11.1 Å². The molecule has 0 radical (unpaired) electrons. The van der Waals surface area contributed by atoms with Gasteiger partial charge >= 0.3 is 0 Å². The molecule has 0 spiro atoms. The van der Waals surface area contributed by atoms with Gasteiger partial charge in [0.1, 0.15) is 0 Å². The quantitative estimate of drug-likeness (QED) is 0.171. The summed E-state index contributed by atoms with van der Waals surface area (Å²) < 4.78 is 0. The zero-order valence-corrected chi connectivity index (χ0v) is 24.6. The normalized spacial score (nSPS) is 21.7. The standard InChI is InChI=1S/C33H62O/c1-8-14-17-27(11-4)20-21-30-25-33(7,23-22-28(12-5)18-15-9-2)26-32(34)31(30)24-29(13-6)19-16-10-3/h27-29H,8-26H2,1-7H3. The topological polar surface area (TPSA) is 17.1 Å². The molecule has 1 heteroatoms. The molecule has 0 aromatic carbocycles. The Morgan fingerprint density at radius 2 is 1.18 bits per heavy atom. The molecular weight excluding hydrogens is 412 g/mol. The number of unbranched alkanes of at least 4 members (excludes halogenated alkanes) is 3. The van der Waals surface area contributed by atoms with Crippen LogP contribution in [0.2, 0.25) is 0 Å². The predicted molar refractivity (Wildman–Crippen MR) is 152 cm³/mol. The number of allylic oxidation sites excluding steroid dienone is 2. The summed E-state index contributed by atoms with van der Waals surface area (Å²) in [6, 6.07) is 0. The second-order valence-electron chi connectivity index (χ2n) is 12.2. The molecule has 0 aromatic heterocycles. The van der Waals surface area contributed by atoms with Crippen molar-refractivity contribution >= 4 is 5.78 Å². The Balaban J connectivity index is 3.02. The lowest BCUT2D eigenvalue weighted by atomic mass is 9.66. The molecule has 1 aliphatic rings. The molecule has 0 saturated carbocycles. The summed E-state index contributed by atoms with van der Waals surface area (Å²) in [5.41, 5.74) is 3.04. The summed E-state index contributed by atoms with van der Waals surface area (Å²) in [6.45, 7) is 16.4. The largest absolute Gasteiger partial charge is 0.295 e. The molecule has 4 unspecified atom stereocenters. The summed E-state index contributed by atoms with van der Waals surface area (Å²) in [6.07, 6.45) is 23.8. The summed E-state index contributed by atoms with van der Waals surface area (Å²) >= 11 is 0. The maximum Gasteiger partial charge on any atom is 0.159 e. The van der Waals surface area contributed by atoms with Crippen LogP contribution in [-0.4, -0.2) is 5.78 Å². The minimum Gasteiger partial charge on any atom is -0.295 e. The smallest absolute Gasteiger partial charge is 0.159 e. The van der Waals surface area contributed by atoms with Gasteiger partial charge in [-0.3, -0.25) is 4.79 Å². The van der Waals surface area contributed by atoms with E-state index in [1.807, 2.05) is 0 Å². The van der Waals surface area contributed by atoms with Crippen LogP contribution in [0.3, 0.4) is 0 Å². The van der Waals surface area contributed by atoms with Crippen molar-refractivity contribution in [2.24, 2.45) is 23.2 Å². The van der Waals surface area contributed by atoms with E-state index in [0.29, 0.717) is 11.7 Å². The zero-order valence-electron chi connectivity index (χ0n) is 24.6. The average Bonchev–Trinajstić information content (AvgIpc) is 2.83. The monoisotopic (exact) mass is 474 g/mol. The van der Waals surface area contributed by atoms with Crippen molar-refractivity contribution < 1.29 is 4.79 Å². The summed E-state index contributed by atoms with van der Waals surface area (Å²) in [5, 5.41) is 0. The molecule has 0 aromatic rings. The zero-order chi connectivity index (χ0) is 25.4. The molecule has 1 rings (SSSR count). The van der Waals surface area contributed by atoms with Crippen molar-refractivity contribution in [1.29, 1.82) is 0 Å². The fraction of sp³-hybridized carbons (Fsp3) is 0.909. The lowest BCUT2D eigenvalue weighted by molar-refractivity contribution is -0.118. The van der Waals surface area contributed by atoms with Gasteiger partial charge in [-0.2, -0.15) is 0 Å². The van der Waals surface area contributed by atoms with Gasteiger partial charge in [-0.15, -0.1) is 0 Å². The van der Waals surface area contributed by atoms with Crippen molar-refractivity contribution in [2.75, 3.05) is 0 Å². The first kappa shape index (κ1) is 31.4. The molecule has 0 fully saturated rings. The van der Waals surface area contributed by atoms with E-state index in [2.05, 4.69) is 48.5 Å². The van der Waals surface area contributed by atoms with E-state index in [1.54, 1.807) is 5.57 Å². The Morgan fingerprint density at radius 1 is 0.676 bits per heavy atom. The van der Waals surface area contributed by atoms with Gasteiger partial charge in [0.15, 0.2) is 5.78 Å². The van der Waals surface area contributed by atoms with Gasteiger partial charge in [-0.05, 0) is 67.3 Å². The van der Waals surface area contributed by atoms with E-state index in [1.165, 1.54) is 115 Å². The molecule has 0 amide bonds. The van der Waals surface area contributed by atoms with Crippen LogP contribution in [0.25, 0.3) is 0 Å². The average molecular weight is 475 g/mol. The van der Waals surface area contributed by atoms with Crippen LogP contribution < -0.4 is 0 Å². The van der Waals surface area contributed by atoms with Gasteiger partial charge in [0.2, 0.25) is 0 Å². The van der Waals surface area contributed by atoms with E-state index < -0.39 is 0 Å². The van der Waals surface area contributed by atoms with Crippen molar-refractivity contribution in [3.63, 3.8) is 0 Å². The number of hydrogen-bond donors (Lipinski definition) is 0. The minimum absolute atomic E-state index is 0.186. The van der Waals surface area contributed by atoms with E-state index in [4.69, 9.17) is 0 Å². The lowest BCUT2D eigenvalue weighted by Crippen LogP contribution is -2.30. The van der Waals surface area contributed by atoms with Crippen molar-refractivity contribution in [1.82, 2.24) is 0 Å². The highest BCUT2D eigenvalue weighted by atomic mass is 16.1. The fourth-order valence-corrected chi connectivity index (χ4v) is 6.30. The summed E-state index contributed by atoms with van der Waals surface area (Å²) in [4.78, 5) is 13.7. The van der Waals surface area contributed by atoms with Crippen molar-refractivity contribution in [3.05, 3.63) is 11.1 Å². The fourth-order valence-electron chi connectivity index (χ4n) is 6.30. The molecule has 1 nitrogen and oxygen atoms in total. The van der Waals surface area contributed by atoms with E-state index >= 15 is 0 Å². The van der Waals surface area contributed by atoms with E-state index in [0.717, 1.165) is 24.7 Å². The minimum atomic E-state index is 0.186. The number of carbonyl (C=O) groups excluding carboxylic acids is 1. The van der Waals surface area contributed by atoms with Crippen LogP contribution in [0.1, 0.15) is 170 Å². The van der Waals surface area contributed by atoms with Gasteiger partial charge in [0.05, 0.1) is 0 Å².